The van der Waals surface area contributed by atoms with E-state index in [0.29, 0.717) is 17.0 Å². The van der Waals surface area contributed by atoms with Crippen LogP contribution in [-0.4, -0.2) is 47.7 Å². The molecule has 0 spiro atoms. The highest BCUT2D eigenvalue weighted by Gasteiger charge is 2.19. The number of nitrogens with zero attached hydrogens (tertiary/aromatic N) is 3. The van der Waals surface area contributed by atoms with Gasteiger partial charge in [-0.2, -0.15) is 5.10 Å². The molecule has 0 radical (unpaired) electrons. The Morgan fingerprint density at radius 3 is 2.48 bits per heavy atom. The summed E-state index contributed by atoms with van der Waals surface area (Å²) in [5.41, 5.74) is 1.96. The van der Waals surface area contributed by atoms with Gasteiger partial charge >= 0.3 is 0 Å². The van der Waals surface area contributed by atoms with Crippen molar-refractivity contribution >= 4 is 17.5 Å². The third kappa shape index (κ3) is 3.98. The van der Waals surface area contributed by atoms with Gasteiger partial charge in [0.2, 0.25) is 0 Å². The van der Waals surface area contributed by atoms with Crippen LogP contribution in [0.25, 0.3) is 5.69 Å². The first-order valence-electron chi connectivity index (χ1n) is 8.31. The third-order valence-electron chi connectivity index (χ3n) is 3.91. The lowest BCUT2D eigenvalue weighted by Crippen LogP contribution is -2.22. The number of hydrogen-bond donors (Lipinski definition) is 1. The molecule has 3 rings (SSSR count). The van der Waals surface area contributed by atoms with Crippen molar-refractivity contribution < 1.29 is 14.3 Å². The number of methoxy groups -OCH3 is 1. The fourth-order valence-electron chi connectivity index (χ4n) is 2.56. The Morgan fingerprint density at radius 2 is 1.81 bits per heavy atom. The first kappa shape index (κ1) is 18.2. The molecule has 27 heavy (non-hydrogen) atoms. The van der Waals surface area contributed by atoms with Gasteiger partial charge in [-0.15, -0.1) is 0 Å². The van der Waals surface area contributed by atoms with Gasteiger partial charge in [-0.05, 0) is 30.3 Å². The largest absolute Gasteiger partial charge is 0.493 e. The molecule has 7 heteroatoms. The minimum Gasteiger partial charge on any atom is -0.493 e. The molecular weight excluding hydrogens is 344 g/mol. The SMILES string of the molecule is COc1cn(-c2ccccc2)nc1C(=O)Nc1cccc(C(=O)N(C)C)c1. The van der Waals surface area contributed by atoms with Crippen molar-refractivity contribution in [2.45, 2.75) is 0 Å². The van der Waals surface area contributed by atoms with Crippen LogP contribution in [0.3, 0.4) is 0 Å². The Labute approximate surface area is 157 Å². The van der Waals surface area contributed by atoms with Gasteiger partial charge in [-0.3, -0.25) is 9.59 Å². The van der Waals surface area contributed by atoms with E-state index in [4.69, 9.17) is 4.74 Å². The molecule has 1 N–H and O–H groups in total. The van der Waals surface area contributed by atoms with Crippen molar-refractivity contribution in [2.24, 2.45) is 0 Å². The Balaban J connectivity index is 1.86. The minimum absolute atomic E-state index is 0.142. The number of benzene rings is 2. The fraction of sp³-hybridized carbons (Fsp3) is 0.150. The average molecular weight is 364 g/mol. The summed E-state index contributed by atoms with van der Waals surface area (Å²) in [5.74, 6) is -0.204. The smallest absolute Gasteiger partial charge is 0.280 e. The number of rotatable bonds is 5. The van der Waals surface area contributed by atoms with E-state index in [0.717, 1.165) is 5.69 Å². The first-order valence-corrected chi connectivity index (χ1v) is 8.31. The van der Waals surface area contributed by atoms with Gasteiger partial charge in [0.25, 0.3) is 11.8 Å². The standard InChI is InChI=1S/C20H20N4O3/c1-23(2)20(26)14-8-7-9-15(12-14)21-19(25)18-17(27-3)13-24(22-18)16-10-5-4-6-11-16/h4-13H,1-3H3,(H,21,25). The predicted octanol–water partition coefficient (Wildman–Crippen LogP) is 2.84. The second-order valence-corrected chi connectivity index (χ2v) is 6.06. The summed E-state index contributed by atoms with van der Waals surface area (Å²) >= 11 is 0. The minimum atomic E-state index is -0.420. The summed E-state index contributed by atoms with van der Waals surface area (Å²) in [6.45, 7) is 0. The Hall–Kier alpha value is -3.61. The Kier molecular flexibility index (Phi) is 5.21. The van der Waals surface area contributed by atoms with Gasteiger partial charge in [0.05, 0.1) is 19.0 Å². The molecule has 2 aromatic carbocycles. The molecule has 1 heterocycles. The van der Waals surface area contributed by atoms with E-state index < -0.39 is 5.91 Å². The van der Waals surface area contributed by atoms with Crippen LogP contribution in [0.5, 0.6) is 5.75 Å². The Bertz CT molecular complexity index is 964. The lowest BCUT2D eigenvalue weighted by atomic mass is 10.2. The second-order valence-electron chi connectivity index (χ2n) is 6.06. The molecule has 0 saturated carbocycles. The van der Waals surface area contributed by atoms with Gasteiger partial charge in [-0.25, -0.2) is 4.68 Å². The molecule has 0 unspecified atom stereocenters. The van der Waals surface area contributed by atoms with E-state index in [2.05, 4.69) is 10.4 Å². The monoisotopic (exact) mass is 364 g/mol. The molecule has 7 nitrogen and oxygen atoms in total. The van der Waals surface area contributed by atoms with Crippen LogP contribution in [-0.2, 0) is 0 Å². The summed E-state index contributed by atoms with van der Waals surface area (Å²) in [5, 5.41) is 7.10. The molecule has 0 saturated heterocycles. The van der Waals surface area contributed by atoms with Crippen molar-refractivity contribution in [2.75, 3.05) is 26.5 Å². The van der Waals surface area contributed by atoms with Crippen LogP contribution in [0.15, 0.2) is 60.8 Å². The fourth-order valence-corrected chi connectivity index (χ4v) is 2.56. The number of amides is 2. The van der Waals surface area contributed by atoms with Crippen molar-refractivity contribution in [3.05, 3.63) is 72.1 Å². The van der Waals surface area contributed by atoms with E-state index in [9.17, 15) is 9.59 Å². The van der Waals surface area contributed by atoms with Crippen LogP contribution < -0.4 is 10.1 Å². The predicted molar refractivity (Wildman–Crippen MR) is 103 cm³/mol. The summed E-state index contributed by atoms with van der Waals surface area (Å²) in [7, 11) is 4.84. The number of para-hydroxylation sites is 1. The van der Waals surface area contributed by atoms with Crippen molar-refractivity contribution in [1.29, 1.82) is 0 Å². The van der Waals surface area contributed by atoms with Crippen LogP contribution in [0.1, 0.15) is 20.8 Å². The molecular formula is C20H20N4O3. The van der Waals surface area contributed by atoms with Gasteiger partial charge in [0.15, 0.2) is 11.4 Å². The maximum absolute atomic E-state index is 12.7. The van der Waals surface area contributed by atoms with Crippen molar-refractivity contribution in [3.8, 4) is 11.4 Å². The van der Waals surface area contributed by atoms with E-state index in [1.165, 1.54) is 12.0 Å². The van der Waals surface area contributed by atoms with Crippen LogP contribution in [0.4, 0.5) is 5.69 Å². The molecule has 1 aromatic heterocycles. The highest BCUT2D eigenvalue weighted by Crippen LogP contribution is 2.21. The topological polar surface area (TPSA) is 76.5 Å². The van der Waals surface area contributed by atoms with Crippen LogP contribution >= 0.6 is 0 Å². The van der Waals surface area contributed by atoms with E-state index in [-0.39, 0.29) is 11.6 Å². The molecule has 2 amide bonds. The van der Waals surface area contributed by atoms with Gasteiger partial charge < -0.3 is 15.0 Å². The van der Waals surface area contributed by atoms with Crippen LogP contribution in [0.2, 0.25) is 0 Å². The van der Waals surface area contributed by atoms with E-state index in [1.54, 1.807) is 49.2 Å². The highest BCUT2D eigenvalue weighted by atomic mass is 16.5. The molecule has 0 atom stereocenters. The van der Waals surface area contributed by atoms with Crippen LogP contribution in [0, 0.1) is 0 Å². The summed E-state index contributed by atoms with van der Waals surface area (Å²) < 4.78 is 6.88. The number of anilines is 1. The summed E-state index contributed by atoms with van der Waals surface area (Å²) in [4.78, 5) is 26.3. The summed E-state index contributed by atoms with van der Waals surface area (Å²) in [6, 6.07) is 16.2. The zero-order chi connectivity index (χ0) is 19.4. The second kappa shape index (κ2) is 7.74. The lowest BCUT2D eigenvalue weighted by molar-refractivity contribution is 0.0827. The van der Waals surface area contributed by atoms with Gasteiger partial charge in [-0.1, -0.05) is 24.3 Å². The van der Waals surface area contributed by atoms with Crippen molar-refractivity contribution in [1.82, 2.24) is 14.7 Å². The highest BCUT2D eigenvalue weighted by molar-refractivity contribution is 6.05. The number of ether oxygens (including phenoxy) is 1. The molecule has 0 aliphatic carbocycles. The zero-order valence-corrected chi connectivity index (χ0v) is 15.3. The van der Waals surface area contributed by atoms with E-state index >= 15 is 0 Å². The lowest BCUT2D eigenvalue weighted by Gasteiger charge is -2.11. The molecule has 3 aromatic rings. The molecule has 138 valence electrons. The molecule has 0 fully saturated rings. The maximum Gasteiger partial charge on any atom is 0.280 e. The number of carbonyl (C=O) groups excluding carboxylic acids is 2. The van der Waals surface area contributed by atoms with Gasteiger partial charge in [0.1, 0.15) is 0 Å². The van der Waals surface area contributed by atoms with E-state index in [1.807, 2.05) is 30.3 Å². The van der Waals surface area contributed by atoms with Gasteiger partial charge in [0, 0.05) is 25.3 Å². The molecule has 0 aliphatic heterocycles. The normalized spacial score (nSPS) is 10.3. The maximum atomic E-state index is 12.7. The first-order chi connectivity index (χ1) is 13.0. The number of nitrogens with one attached hydrogen (secondary N) is 1. The number of hydrogen-bond acceptors (Lipinski definition) is 4. The zero-order valence-electron chi connectivity index (χ0n) is 15.3. The van der Waals surface area contributed by atoms with Crippen molar-refractivity contribution in [3.63, 3.8) is 0 Å². The quantitative estimate of drug-likeness (QED) is 0.755. The third-order valence-corrected chi connectivity index (χ3v) is 3.91. The number of carbonyl (C=O) groups is 2. The average Bonchev–Trinajstić information content (AvgIpc) is 3.13. The molecule has 0 bridgehead atoms. The molecule has 0 aliphatic rings. The summed E-state index contributed by atoms with van der Waals surface area (Å²) in [6.07, 6.45) is 1.65. The number of aromatic nitrogens is 2. The Morgan fingerprint density at radius 1 is 1.07 bits per heavy atom.